The average molecular weight is 304 g/mol. The Morgan fingerprint density at radius 2 is 2.00 bits per heavy atom. The van der Waals surface area contributed by atoms with E-state index in [9.17, 15) is 12.8 Å². The zero-order valence-corrected chi connectivity index (χ0v) is 12.4. The summed E-state index contributed by atoms with van der Waals surface area (Å²) in [5.41, 5.74) is 5.17. The molecule has 0 unspecified atom stereocenters. The van der Waals surface area contributed by atoms with Gasteiger partial charge in [-0.05, 0) is 31.0 Å². The van der Waals surface area contributed by atoms with Crippen LogP contribution in [0.4, 0.5) is 10.1 Å². The lowest BCUT2D eigenvalue weighted by Gasteiger charge is -2.08. The monoisotopic (exact) mass is 304 g/mol. The Labute approximate surface area is 119 Å². The van der Waals surface area contributed by atoms with Crippen LogP contribution in [0.15, 0.2) is 23.1 Å². The van der Waals surface area contributed by atoms with Crippen molar-refractivity contribution >= 4 is 15.7 Å². The van der Waals surface area contributed by atoms with Crippen LogP contribution in [0.25, 0.3) is 0 Å². The number of rotatable bonds is 9. The van der Waals surface area contributed by atoms with Gasteiger partial charge in [0.1, 0.15) is 5.82 Å². The highest BCUT2D eigenvalue weighted by atomic mass is 32.2. The fourth-order valence-corrected chi connectivity index (χ4v) is 2.61. The minimum Gasteiger partial charge on any atom is -0.396 e. The molecule has 0 aliphatic heterocycles. The zero-order chi connectivity index (χ0) is 15.0. The predicted molar refractivity (Wildman–Crippen MR) is 76.3 cm³/mol. The second kappa shape index (κ2) is 8.18. The van der Waals surface area contributed by atoms with Crippen molar-refractivity contribution in [1.82, 2.24) is 4.72 Å². The van der Waals surface area contributed by atoms with Crippen molar-refractivity contribution in [3.05, 3.63) is 24.0 Å². The van der Waals surface area contributed by atoms with Crippen LogP contribution in [-0.4, -0.2) is 28.2 Å². The molecular weight excluding hydrogens is 283 g/mol. The number of hydrogen-bond acceptors (Lipinski definition) is 4. The molecular formula is C13H21FN2O3S. The van der Waals surface area contributed by atoms with Crippen LogP contribution in [0.3, 0.4) is 0 Å². The largest absolute Gasteiger partial charge is 0.396 e. The molecule has 0 bridgehead atoms. The van der Waals surface area contributed by atoms with Crippen LogP contribution in [0.1, 0.15) is 26.2 Å². The highest BCUT2D eigenvalue weighted by molar-refractivity contribution is 7.89. The van der Waals surface area contributed by atoms with E-state index < -0.39 is 15.8 Å². The fourth-order valence-electron chi connectivity index (χ4n) is 1.50. The van der Waals surface area contributed by atoms with Gasteiger partial charge in [0.2, 0.25) is 10.0 Å². The zero-order valence-electron chi connectivity index (χ0n) is 11.6. The van der Waals surface area contributed by atoms with Gasteiger partial charge in [-0.25, -0.2) is 17.5 Å². The number of nitrogens with one attached hydrogen (secondary N) is 1. The molecule has 20 heavy (non-hydrogen) atoms. The second-order valence-corrected chi connectivity index (χ2v) is 6.17. The topological polar surface area (TPSA) is 81.4 Å². The van der Waals surface area contributed by atoms with E-state index in [1.807, 2.05) is 0 Å². The molecule has 0 atom stereocenters. The second-order valence-electron chi connectivity index (χ2n) is 4.40. The predicted octanol–water partition coefficient (Wildman–Crippen LogP) is 1.89. The Morgan fingerprint density at radius 1 is 1.30 bits per heavy atom. The van der Waals surface area contributed by atoms with Crippen molar-refractivity contribution in [2.45, 2.75) is 31.1 Å². The van der Waals surface area contributed by atoms with Gasteiger partial charge >= 0.3 is 0 Å². The van der Waals surface area contributed by atoms with E-state index in [1.165, 1.54) is 6.07 Å². The van der Waals surface area contributed by atoms with E-state index >= 15 is 0 Å². The molecule has 0 aliphatic carbocycles. The summed E-state index contributed by atoms with van der Waals surface area (Å²) < 4.78 is 44.5. The number of anilines is 1. The summed E-state index contributed by atoms with van der Waals surface area (Å²) in [4.78, 5) is -0.0386. The van der Waals surface area contributed by atoms with E-state index in [0.29, 0.717) is 19.6 Å². The normalized spacial score (nSPS) is 11.7. The van der Waals surface area contributed by atoms with Gasteiger partial charge in [0.05, 0.1) is 10.6 Å². The van der Waals surface area contributed by atoms with Gasteiger partial charge in [0.15, 0.2) is 0 Å². The number of halogens is 1. The Kier molecular flexibility index (Phi) is 6.90. The van der Waals surface area contributed by atoms with Gasteiger partial charge in [0.25, 0.3) is 0 Å². The third kappa shape index (κ3) is 5.44. The lowest BCUT2D eigenvalue weighted by atomic mass is 10.3. The third-order valence-corrected chi connectivity index (χ3v) is 4.14. The highest BCUT2D eigenvalue weighted by Gasteiger charge is 2.14. The average Bonchev–Trinajstić information content (AvgIpc) is 2.40. The van der Waals surface area contributed by atoms with Crippen LogP contribution < -0.4 is 10.5 Å². The van der Waals surface area contributed by atoms with Gasteiger partial charge in [-0.3, -0.25) is 0 Å². The fraction of sp³-hybridized carbons (Fsp3) is 0.538. The molecule has 0 aliphatic rings. The van der Waals surface area contributed by atoms with E-state index in [4.69, 9.17) is 10.5 Å². The SMILES string of the molecule is CCCCOCCCNS(=O)(=O)c1ccc(F)c(N)c1. The summed E-state index contributed by atoms with van der Waals surface area (Å²) in [6.45, 7) is 3.55. The van der Waals surface area contributed by atoms with Gasteiger partial charge < -0.3 is 10.5 Å². The molecule has 3 N–H and O–H groups in total. The molecule has 0 saturated carbocycles. The lowest BCUT2D eigenvalue weighted by molar-refractivity contribution is 0.130. The maximum atomic E-state index is 13.0. The minimum atomic E-state index is -3.65. The Hall–Kier alpha value is -1.18. The summed E-state index contributed by atoms with van der Waals surface area (Å²) in [6, 6.07) is 3.33. The number of unbranched alkanes of at least 4 members (excludes halogenated alkanes) is 1. The molecule has 1 aromatic carbocycles. The van der Waals surface area contributed by atoms with Crippen LogP contribution >= 0.6 is 0 Å². The minimum absolute atomic E-state index is 0.0386. The summed E-state index contributed by atoms with van der Waals surface area (Å²) in [5, 5.41) is 0. The van der Waals surface area contributed by atoms with Crippen LogP contribution in [0.5, 0.6) is 0 Å². The summed E-state index contributed by atoms with van der Waals surface area (Å²) in [6.07, 6.45) is 2.65. The van der Waals surface area contributed by atoms with Gasteiger partial charge in [-0.2, -0.15) is 0 Å². The Balaban J connectivity index is 2.40. The van der Waals surface area contributed by atoms with Gasteiger partial charge in [-0.1, -0.05) is 13.3 Å². The molecule has 0 radical (unpaired) electrons. The molecule has 5 nitrogen and oxygen atoms in total. The molecule has 0 saturated heterocycles. The molecule has 0 fully saturated rings. The standard InChI is InChI=1S/C13H21FN2O3S/c1-2-3-8-19-9-4-7-16-20(17,18)11-5-6-12(14)13(15)10-11/h5-6,10,16H,2-4,7-9,15H2,1H3. The van der Waals surface area contributed by atoms with E-state index in [-0.39, 0.29) is 17.1 Å². The van der Waals surface area contributed by atoms with Crippen molar-refractivity contribution in [3.63, 3.8) is 0 Å². The number of benzene rings is 1. The first-order valence-electron chi connectivity index (χ1n) is 6.60. The molecule has 1 rings (SSSR count). The van der Waals surface area contributed by atoms with Crippen LogP contribution in [0, 0.1) is 5.82 Å². The van der Waals surface area contributed by atoms with Crippen molar-refractivity contribution in [1.29, 1.82) is 0 Å². The molecule has 0 spiro atoms. The Morgan fingerprint density at radius 3 is 2.65 bits per heavy atom. The number of ether oxygens (including phenoxy) is 1. The first-order chi connectivity index (χ1) is 9.47. The van der Waals surface area contributed by atoms with Crippen molar-refractivity contribution in [3.8, 4) is 0 Å². The van der Waals surface area contributed by atoms with Gasteiger partial charge in [0, 0.05) is 19.8 Å². The molecule has 1 aromatic rings. The summed E-state index contributed by atoms with van der Waals surface area (Å²) in [7, 11) is -3.65. The van der Waals surface area contributed by atoms with Crippen molar-refractivity contribution in [2.75, 3.05) is 25.5 Å². The molecule has 0 heterocycles. The van der Waals surface area contributed by atoms with Crippen molar-refractivity contribution in [2.24, 2.45) is 0 Å². The molecule has 7 heteroatoms. The number of nitrogen functional groups attached to an aromatic ring is 1. The van der Waals surface area contributed by atoms with E-state index in [2.05, 4.69) is 11.6 Å². The molecule has 0 amide bonds. The highest BCUT2D eigenvalue weighted by Crippen LogP contribution is 2.16. The quantitative estimate of drug-likeness (QED) is 0.539. The first-order valence-corrected chi connectivity index (χ1v) is 8.08. The number of nitrogens with two attached hydrogens (primary N) is 1. The maximum absolute atomic E-state index is 13.0. The Bertz CT molecular complexity index is 520. The number of sulfonamides is 1. The van der Waals surface area contributed by atoms with E-state index in [0.717, 1.165) is 25.0 Å². The summed E-state index contributed by atoms with van der Waals surface area (Å²) in [5.74, 6) is -0.631. The smallest absolute Gasteiger partial charge is 0.240 e. The molecule has 114 valence electrons. The third-order valence-electron chi connectivity index (χ3n) is 2.68. The number of hydrogen-bond donors (Lipinski definition) is 2. The maximum Gasteiger partial charge on any atom is 0.240 e. The van der Waals surface area contributed by atoms with Crippen LogP contribution in [-0.2, 0) is 14.8 Å². The summed E-state index contributed by atoms with van der Waals surface area (Å²) >= 11 is 0. The van der Waals surface area contributed by atoms with Crippen LogP contribution in [0.2, 0.25) is 0 Å². The first kappa shape index (κ1) is 16.9. The lowest BCUT2D eigenvalue weighted by Crippen LogP contribution is -2.25. The van der Waals surface area contributed by atoms with Crippen molar-refractivity contribution < 1.29 is 17.5 Å². The van der Waals surface area contributed by atoms with E-state index in [1.54, 1.807) is 0 Å². The molecule has 0 aromatic heterocycles. The van der Waals surface area contributed by atoms with Gasteiger partial charge in [-0.15, -0.1) is 0 Å².